The van der Waals surface area contributed by atoms with E-state index in [9.17, 15) is 9.90 Å². The molecule has 96 valence electrons. The van der Waals surface area contributed by atoms with E-state index in [-0.39, 0.29) is 17.8 Å². The summed E-state index contributed by atoms with van der Waals surface area (Å²) >= 11 is 0. The number of aromatic carboxylic acids is 1. The van der Waals surface area contributed by atoms with Crippen molar-refractivity contribution in [2.24, 2.45) is 0 Å². The third-order valence-corrected chi connectivity index (χ3v) is 3.21. The van der Waals surface area contributed by atoms with Gasteiger partial charge >= 0.3 is 5.97 Å². The van der Waals surface area contributed by atoms with Crippen LogP contribution in [0.25, 0.3) is 0 Å². The summed E-state index contributed by atoms with van der Waals surface area (Å²) in [5.74, 6) is 0.318. The van der Waals surface area contributed by atoms with Gasteiger partial charge < -0.3 is 14.6 Å². The second kappa shape index (κ2) is 4.19. The molecule has 0 atom stereocenters. The molecule has 4 heteroatoms. The Morgan fingerprint density at radius 1 is 1.17 bits per heavy atom. The highest BCUT2D eigenvalue weighted by atomic mass is 16.5. The molecule has 2 fully saturated rings. The average Bonchev–Trinajstić information content (AvgIpc) is 3.17. The Morgan fingerprint density at radius 2 is 1.78 bits per heavy atom. The molecular weight excluding hydrogens is 232 g/mol. The molecule has 0 saturated heterocycles. The quantitative estimate of drug-likeness (QED) is 0.870. The molecule has 0 heterocycles. The number of rotatable bonds is 5. The van der Waals surface area contributed by atoms with Crippen LogP contribution in [-0.2, 0) is 0 Å². The number of carboxylic acids is 1. The fourth-order valence-electron chi connectivity index (χ4n) is 1.82. The van der Waals surface area contributed by atoms with E-state index >= 15 is 0 Å². The summed E-state index contributed by atoms with van der Waals surface area (Å²) in [5.41, 5.74) is 0.946. The van der Waals surface area contributed by atoms with Crippen LogP contribution in [0.1, 0.15) is 41.6 Å². The second-order valence-corrected chi connectivity index (χ2v) is 5.03. The number of hydrogen-bond acceptors (Lipinski definition) is 3. The Hall–Kier alpha value is -1.71. The zero-order valence-electron chi connectivity index (χ0n) is 10.3. The van der Waals surface area contributed by atoms with Crippen LogP contribution in [-0.4, -0.2) is 23.3 Å². The van der Waals surface area contributed by atoms with Crippen molar-refractivity contribution in [3.8, 4) is 11.5 Å². The standard InChI is InChI=1S/C14H16O4/c1-8-12(14(15)16)6-11(17-9-2-3-9)7-13(8)18-10-4-5-10/h6-7,9-10H,2-5H2,1H3,(H,15,16). The Kier molecular flexibility index (Phi) is 2.65. The van der Waals surface area contributed by atoms with Crippen LogP contribution in [0.2, 0.25) is 0 Å². The van der Waals surface area contributed by atoms with Gasteiger partial charge in [0, 0.05) is 11.6 Å². The third-order valence-electron chi connectivity index (χ3n) is 3.21. The largest absolute Gasteiger partial charge is 0.490 e. The molecule has 0 radical (unpaired) electrons. The lowest BCUT2D eigenvalue weighted by molar-refractivity contribution is 0.0694. The van der Waals surface area contributed by atoms with Crippen molar-refractivity contribution in [3.05, 3.63) is 23.3 Å². The lowest BCUT2D eigenvalue weighted by atomic mass is 10.1. The molecule has 1 aromatic carbocycles. The van der Waals surface area contributed by atoms with Gasteiger partial charge in [0.15, 0.2) is 0 Å². The van der Waals surface area contributed by atoms with Crippen molar-refractivity contribution in [2.45, 2.75) is 44.8 Å². The van der Waals surface area contributed by atoms with Gasteiger partial charge in [0.2, 0.25) is 0 Å². The van der Waals surface area contributed by atoms with Gasteiger partial charge in [-0.15, -0.1) is 0 Å². The van der Waals surface area contributed by atoms with E-state index in [0.29, 0.717) is 17.1 Å². The molecule has 1 aromatic rings. The van der Waals surface area contributed by atoms with Crippen LogP contribution >= 0.6 is 0 Å². The minimum absolute atomic E-state index is 0.251. The first-order valence-corrected chi connectivity index (χ1v) is 6.35. The summed E-state index contributed by atoms with van der Waals surface area (Å²) < 4.78 is 11.4. The van der Waals surface area contributed by atoms with E-state index in [1.807, 2.05) is 6.07 Å². The van der Waals surface area contributed by atoms with E-state index in [4.69, 9.17) is 9.47 Å². The molecule has 0 aromatic heterocycles. The zero-order chi connectivity index (χ0) is 12.7. The number of ether oxygens (including phenoxy) is 2. The monoisotopic (exact) mass is 248 g/mol. The molecule has 1 N–H and O–H groups in total. The highest BCUT2D eigenvalue weighted by Gasteiger charge is 2.27. The van der Waals surface area contributed by atoms with Gasteiger partial charge in [-0.1, -0.05) is 0 Å². The predicted molar refractivity (Wildman–Crippen MR) is 65.4 cm³/mol. The van der Waals surface area contributed by atoms with Crippen molar-refractivity contribution >= 4 is 5.97 Å². The lowest BCUT2D eigenvalue weighted by Crippen LogP contribution is -2.06. The van der Waals surface area contributed by atoms with Gasteiger partial charge in [-0.2, -0.15) is 0 Å². The minimum atomic E-state index is -0.936. The van der Waals surface area contributed by atoms with Crippen molar-refractivity contribution in [2.75, 3.05) is 0 Å². The van der Waals surface area contributed by atoms with Gasteiger partial charge in [-0.05, 0) is 38.7 Å². The van der Waals surface area contributed by atoms with E-state index in [1.165, 1.54) is 0 Å². The van der Waals surface area contributed by atoms with Crippen molar-refractivity contribution < 1.29 is 19.4 Å². The topological polar surface area (TPSA) is 55.8 Å². The van der Waals surface area contributed by atoms with E-state index in [2.05, 4.69) is 0 Å². The molecule has 4 nitrogen and oxygen atoms in total. The molecule has 0 spiro atoms. The third kappa shape index (κ3) is 2.42. The van der Waals surface area contributed by atoms with Gasteiger partial charge in [-0.25, -0.2) is 4.79 Å². The molecule has 0 amide bonds. The number of carbonyl (C=O) groups is 1. The van der Waals surface area contributed by atoms with Crippen molar-refractivity contribution in [1.29, 1.82) is 0 Å². The van der Waals surface area contributed by atoms with Crippen LogP contribution in [0.5, 0.6) is 11.5 Å². The Balaban J connectivity index is 1.92. The molecule has 2 saturated carbocycles. The summed E-state index contributed by atoms with van der Waals surface area (Å²) in [5, 5.41) is 9.20. The highest BCUT2D eigenvalue weighted by molar-refractivity contribution is 5.90. The first-order valence-electron chi connectivity index (χ1n) is 6.35. The molecule has 2 aliphatic carbocycles. The minimum Gasteiger partial charge on any atom is -0.490 e. The maximum absolute atomic E-state index is 11.2. The molecule has 3 rings (SSSR count). The summed E-state index contributed by atoms with van der Waals surface area (Å²) in [6.07, 6.45) is 4.71. The average molecular weight is 248 g/mol. The normalized spacial score (nSPS) is 18.5. The Labute approximate surface area is 106 Å². The van der Waals surface area contributed by atoms with Crippen LogP contribution in [0.3, 0.4) is 0 Å². The molecule has 18 heavy (non-hydrogen) atoms. The SMILES string of the molecule is Cc1c(OC2CC2)cc(OC2CC2)cc1C(=O)O. The van der Waals surface area contributed by atoms with Crippen LogP contribution in [0, 0.1) is 6.92 Å². The fourth-order valence-corrected chi connectivity index (χ4v) is 1.82. The summed E-state index contributed by atoms with van der Waals surface area (Å²) in [6, 6.07) is 3.41. The number of benzene rings is 1. The molecule has 0 aliphatic heterocycles. The molecule has 0 bridgehead atoms. The van der Waals surface area contributed by atoms with E-state index in [0.717, 1.165) is 25.7 Å². The molecular formula is C14H16O4. The van der Waals surface area contributed by atoms with Crippen molar-refractivity contribution in [3.63, 3.8) is 0 Å². The highest BCUT2D eigenvalue weighted by Crippen LogP contribution is 2.35. The van der Waals surface area contributed by atoms with Crippen molar-refractivity contribution in [1.82, 2.24) is 0 Å². The van der Waals surface area contributed by atoms with E-state index < -0.39 is 5.97 Å². The van der Waals surface area contributed by atoms with Crippen LogP contribution in [0.4, 0.5) is 0 Å². The van der Waals surface area contributed by atoms with Gasteiger partial charge in [-0.3, -0.25) is 0 Å². The van der Waals surface area contributed by atoms with Gasteiger partial charge in [0.1, 0.15) is 11.5 Å². The smallest absolute Gasteiger partial charge is 0.336 e. The lowest BCUT2D eigenvalue weighted by Gasteiger charge is -2.13. The summed E-state index contributed by atoms with van der Waals surface area (Å²) in [4.78, 5) is 11.2. The molecule has 2 aliphatic rings. The predicted octanol–water partition coefficient (Wildman–Crippen LogP) is 2.78. The maximum Gasteiger partial charge on any atom is 0.336 e. The number of hydrogen-bond donors (Lipinski definition) is 1. The fraction of sp³-hybridized carbons (Fsp3) is 0.500. The zero-order valence-corrected chi connectivity index (χ0v) is 10.3. The first-order chi connectivity index (χ1) is 8.63. The van der Waals surface area contributed by atoms with E-state index in [1.54, 1.807) is 13.0 Å². The first kappa shape index (κ1) is 11.4. The second-order valence-electron chi connectivity index (χ2n) is 5.03. The maximum atomic E-state index is 11.2. The summed E-state index contributed by atoms with van der Waals surface area (Å²) in [7, 11) is 0. The molecule has 0 unspecified atom stereocenters. The van der Waals surface area contributed by atoms with Crippen LogP contribution < -0.4 is 9.47 Å². The van der Waals surface area contributed by atoms with Crippen LogP contribution in [0.15, 0.2) is 12.1 Å². The number of carboxylic acid groups (broad SMARTS) is 1. The van der Waals surface area contributed by atoms with Gasteiger partial charge in [0.05, 0.1) is 17.8 Å². The Morgan fingerprint density at radius 3 is 2.33 bits per heavy atom. The van der Waals surface area contributed by atoms with Gasteiger partial charge in [0.25, 0.3) is 0 Å². The Bertz CT molecular complexity index is 487. The summed E-state index contributed by atoms with van der Waals surface area (Å²) in [6.45, 7) is 1.78.